The molecule has 234 valence electrons. The predicted molar refractivity (Wildman–Crippen MR) is 169 cm³/mol. The van der Waals surface area contributed by atoms with Crippen molar-refractivity contribution in [3.05, 3.63) is 79.9 Å². The zero-order chi connectivity index (χ0) is 31.6. The van der Waals surface area contributed by atoms with Crippen LogP contribution in [0.15, 0.2) is 79.9 Å². The van der Waals surface area contributed by atoms with Gasteiger partial charge in [-0.15, -0.1) is 13.2 Å². The summed E-state index contributed by atoms with van der Waals surface area (Å²) in [6.45, 7) is 11.8. The van der Waals surface area contributed by atoms with Gasteiger partial charge in [0.15, 0.2) is 0 Å². The third-order valence-electron chi connectivity index (χ3n) is 9.71. The summed E-state index contributed by atoms with van der Waals surface area (Å²) in [5.74, 6) is -1.96. The maximum absolute atomic E-state index is 14.8. The van der Waals surface area contributed by atoms with E-state index in [4.69, 9.17) is 9.47 Å². The Morgan fingerprint density at radius 2 is 1.68 bits per heavy atom. The Kier molecular flexibility index (Phi) is 9.27. The van der Waals surface area contributed by atoms with Crippen LogP contribution in [0.1, 0.15) is 33.1 Å². The van der Waals surface area contributed by atoms with Crippen molar-refractivity contribution in [2.45, 2.75) is 56.9 Å². The van der Waals surface area contributed by atoms with Gasteiger partial charge in [0.1, 0.15) is 17.4 Å². The fraction of sp³-hybridized carbons (Fsp3) is 0.457. The number of amides is 3. The molecule has 9 nitrogen and oxygen atoms in total. The quantitative estimate of drug-likeness (QED) is 0.346. The molecule has 0 aliphatic carbocycles. The van der Waals surface area contributed by atoms with Crippen molar-refractivity contribution < 1.29 is 29.0 Å². The van der Waals surface area contributed by atoms with Crippen LogP contribution in [-0.2, 0) is 19.1 Å². The van der Waals surface area contributed by atoms with Crippen molar-refractivity contribution in [3.8, 4) is 5.75 Å². The van der Waals surface area contributed by atoms with E-state index >= 15 is 0 Å². The van der Waals surface area contributed by atoms with E-state index in [0.29, 0.717) is 36.4 Å². The lowest BCUT2D eigenvalue weighted by molar-refractivity contribution is -0.145. The molecule has 7 atom stereocenters. The summed E-state index contributed by atoms with van der Waals surface area (Å²) in [5, 5.41) is 10.7. The Morgan fingerprint density at radius 1 is 1.07 bits per heavy atom. The number of para-hydroxylation sites is 1. The molecule has 3 heterocycles. The number of methoxy groups -OCH3 is 1. The van der Waals surface area contributed by atoms with Crippen molar-refractivity contribution in [2.75, 3.05) is 36.6 Å². The Morgan fingerprint density at radius 3 is 2.25 bits per heavy atom. The number of ether oxygens (including phenoxy) is 2. The molecule has 2 aromatic rings. The van der Waals surface area contributed by atoms with Gasteiger partial charge in [0.05, 0.1) is 37.7 Å². The van der Waals surface area contributed by atoms with Crippen LogP contribution in [0, 0.1) is 17.8 Å². The summed E-state index contributed by atoms with van der Waals surface area (Å²) in [5.41, 5.74) is 0.116. The van der Waals surface area contributed by atoms with Crippen LogP contribution in [0.2, 0.25) is 0 Å². The second-order valence-electron chi connectivity index (χ2n) is 11.9. The lowest BCUT2D eigenvalue weighted by atomic mass is 9.70. The molecule has 44 heavy (non-hydrogen) atoms. The number of rotatable bonds is 13. The van der Waals surface area contributed by atoms with E-state index in [9.17, 15) is 19.5 Å². The van der Waals surface area contributed by atoms with Crippen LogP contribution in [0.3, 0.4) is 0 Å². The summed E-state index contributed by atoms with van der Waals surface area (Å²) >= 11 is 0. The van der Waals surface area contributed by atoms with Crippen LogP contribution >= 0.6 is 0 Å². The van der Waals surface area contributed by atoms with Crippen LogP contribution in [0.5, 0.6) is 5.75 Å². The zero-order valence-corrected chi connectivity index (χ0v) is 25.8. The monoisotopic (exact) mass is 601 g/mol. The maximum atomic E-state index is 14.8. The second kappa shape index (κ2) is 13.0. The number of hydrogen-bond donors (Lipinski definition) is 1. The van der Waals surface area contributed by atoms with Crippen molar-refractivity contribution in [3.63, 3.8) is 0 Å². The van der Waals surface area contributed by atoms with Crippen LogP contribution in [0.25, 0.3) is 0 Å². The van der Waals surface area contributed by atoms with Gasteiger partial charge in [0.25, 0.3) is 5.91 Å². The number of aliphatic hydroxyl groups is 1. The van der Waals surface area contributed by atoms with Crippen molar-refractivity contribution in [1.29, 1.82) is 0 Å². The summed E-state index contributed by atoms with van der Waals surface area (Å²) in [4.78, 5) is 48.7. The van der Waals surface area contributed by atoms with E-state index in [1.165, 1.54) is 0 Å². The number of hydrogen-bond acceptors (Lipinski definition) is 6. The van der Waals surface area contributed by atoms with Crippen LogP contribution in [-0.4, -0.2) is 78.3 Å². The highest BCUT2D eigenvalue weighted by molar-refractivity contribution is 6.06. The molecule has 1 spiro atoms. The van der Waals surface area contributed by atoms with Crippen molar-refractivity contribution in [1.82, 2.24) is 4.90 Å². The number of aliphatic hydroxyl groups excluding tert-OH is 1. The molecule has 0 radical (unpaired) electrons. The van der Waals surface area contributed by atoms with E-state index in [0.717, 1.165) is 0 Å². The van der Waals surface area contributed by atoms with E-state index < -0.39 is 35.6 Å². The highest BCUT2D eigenvalue weighted by atomic mass is 16.5. The molecule has 3 fully saturated rings. The molecule has 3 aliphatic heterocycles. The van der Waals surface area contributed by atoms with E-state index in [1.807, 2.05) is 44.2 Å². The maximum Gasteiger partial charge on any atom is 0.253 e. The molecule has 1 N–H and O–H groups in total. The molecule has 0 saturated carbocycles. The summed E-state index contributed by atoms with van der Waals surface area (Å²) in [6.07, 6.45) is 4.50. The molecular formula is C35H43N3O6. The third-order valence-corrected chi connectivity index (χ3v) is 9.71. The molecule has 2 aromatic carbocycles. The topological polar surface area (TPSA) is 99.6 Å². The average molecular weight is 602 g/mol. The molecule has 2 unspecified atom stereocenters. The number of carbonyl (C=O) groups is 3. The molecule has 5 rings (SSSR count). The van der Waals surface area contributed by atoms with E-state index in [1.54, 1.807) is 58.2 Å². The van der Waals surface area contributed by atoms with Gasteiger partial charge in [-0.2, -0.15) is 0 Å². The zero-order valence-electron chi connectivity index (χ0n) is 25.8. The van der Waals surface area contributed by atoms with Gasteiger partial charge >= 0.3 is 0 Å². The molecule has 3 amide bonds. The lowest BCUT2D eigenvalue weighted by Crippen LogP contribution is -2.60. The van der Waals surface area contributed by atoms with Gasteiger partial charge in [0, 0.05) is 24.5 Å². The van der Waals surface area contributed by atoms with Gasteiger partial charge in [0.2, 0.25) is 11.8 Å². The summed E-state index contributed by atoms with van der Waals surface area (Å²) < 4.78 is 12.0. The fourth-order valence-electron chi connectivity index (χ4n) is 7.42. The standard InChI is InChI=1S/C35H43N3O6/c1-6-20-36(24-12-10-9-11-13-24)32(40)29-28-18-19-35(44-28)30(29)33(41)38(27(22-39)23(4)8-3)31(35)34(42)37(21-7-2)25-14-16-26(43-5)17-15-25/h6-7,9-17,23,27-31,39H,1-2,8,18-22H2,3-5H3/t23-,27-,28-,29+,30-,31?,35?/m0/s1. The highest BCUT2D eigenvalue weighted by Crippen LogP contribution is 2.59. The van der Waals surface area contributed by atoms with Gasteiger partial charge < -0.3 is 29.3 Å². The second-order valence-corrected chi connectivity index (χ2v) is 11.9. The molecular weight excluding hydrogens is 558 g/mol. The van der Waals surface area contributed by atoms with Crippen molar-refractivity contribution in [2.24, 2.45) is 17.8 Å². The van der Waals surface area contributed by atoms with E-state index in [-0.39, 0.29) is 43.3 Å². The average Bonchev–Trinajstić information content (AvgIpc) is 3.70. The normalized spacial score (nSPS) is 26.5. The predicted octanol–water partition coefficient (Wildman–Crippen LogP) is 4.22. The number of likely N-dealkylation sites (tertiary alicyclic amines) is 1. The first-order chi connectivity index (χ1) is 21.3. The van der Waals surface area contributed by atoms with Crippen molar-refractivity contribution >= 4 is 29.1 Å². The van der Waals surface area contributed by atoms with E-state index in [2.05, 4.69) is 13.2 Å². The smallest absolute Gasteiger partial charge is 0.253 e. The molecule has 9 heteroatoms. The van der Waals surface area contributed by atoms with Gasteiger partial charge in [-0.05, 0) is 55.2 Å². The Labute approximate surface area is 259 Å². The number of nitrogens with zero attached hydrogens (tertiary/aromatic N) is 3. The largest absolute Gasteiger partial charge is 0.497 e. The number of carbonyl (C=O) groups excluding carboxylic acids is 3. The first-order valence-electron chi connectivity index (χ1n) is 15.4. The Balaban J connectivity index is 1.61. The van der Waals surface area contributed by atoms with Gasteiger partial charge in [-0.3, -0.25) is 14.4 Å². The first-order valence-corrected chi connectivity index (χ1v) is 15.4. The number of anilines is 2. The van der Waals surface area contributed by atoms with Crippen LogP contribution in [0.4, 0.5) is 11.4 Å². The number of fused-ring (bicyclic) bond motifs is 1. The van der Waals surface area contributed by atoms with Gasteiger partial charge in [-0.25, -0.2) is 0 Å². The summed E-state index contributed by atoms with van der Waals surface area (Å²) in [6, 6.07) is 14.8. The molecule has 2 bridgehead atoms. The minimum atomic E-state index is -1.21. The lowest BCUT2D eigenvalue weighted by Gasteiger charge is -2.40. The SMILES string of the molecule is C=CCN(C(=O)C1N([C@@H](CO)[C@@H](C)CC)C(=O)[C@@H]2[C@H](C(=O)N(CC=C)c3ccccc3)[C@@H]3CCC12O3)c1ccc(OC)cc1. The minimum Gasteiger partial charge on any atom is -0.497 e. The van der Waals surface area contributed by atoms with Gasteiger partial charge in [-0.1, -0.05) is 50.6 Å². The molecule has 0 aromatic heterocycles. The highest BCUT2D eigenvalue weighted by Gasteiger charge is 2.75. The molecule has 3 saturated heterocycles. The third kappa shape index (κ3) is 5.12. The minimum absolute atomic E-state index is 0.101. The Hall–Kier alpha value is -3.95. The Bertz CT molecular complexity index is 1380. The summed E-state index contributed by atoms with van der Waals surface area (Å²) in [7, 11) is 1.58. The fourth-order valence-corrected chi connectivity index (χ4v) is 7.42. The first kappa shape index (κ1) is 31.5. The van der Waals surface area contributed by atoms with Crippen LogP contribution < -0.4 is 14.5 Å². The molecule has 3 aliphatic rings. The number of benzene rings is 2.